The Labute approximate surface area is 518 Å². The molecule has 15 N–H and O–H groups in total. The average molecular weight is 1290 g/mol. The van der Waals surface area contributed by atoms with Gasteiger partial charge in [0.05, 0.1) is 18.5 Å². The molecule has 0 spiro atoms. The number of unbranched alkanes of at least 4 members (excludes halogenated alkanes) is 2. The Kier molecular flexibility index (Phi) is 35.9. The molecule has 0 aliphatic heterocycles. The number of carbonyl (C=O) groups excluding carboxylic acids is 12. The molecule has 0 aliphatic rings. The number of Topliss-reactive ketones (excluding diaryl/α,β-unsaturated/α-hetero) is 5. The molecule has 0 fully saturated rings. The van der Waals surface area contributed by atoms with Crippen LogP contribution in [0.1, 0.15) is 161 Å². The van der Waals surface area contributed by atoms with E-state index in [9.17, 15) is 57.5 Å². The SMILES string of the molecule is Cc1noc(C)c1[Se]C[C@H](CC(=O)CNC(=O)CCC(=O)[C@H](Cc1ccccc1)NC(=O)[C@@H](N)CC(C)C)C(=O)NCC(=O)C[C@@H](CC(C)C)C(=O)N[C@@H](CC(C)C)C(=O)C[C@@H](CCCCN)C(=O)N[C@@H](CC(N)=O)C(=O)C[C@@H](CCCCN)C(N)=O. The predicted octanol–water partition coefficient (Wildman–Crippen LogP) is 1.70. The van der Waals surface area contributed by atoms with Crippen molar-refractivity contribution in [2.75, 3.05) is 26.2 Å². The van der Waals surface area contributed by atoms with Crippen LogP contribution in [0.25, 0.3) is 0 Å². The zero-order valence-corrected chi connectivity index (χ0v) is 54.1. The predicted molar refractivity (Wildman–Crippen MR) is 330 cm³/mol. The minimum Gasteiger partial charge on any atom is -0.370 e. The number of carbonyl (C=O) groups is 12. The molecule has 1 heterocycles. The number of nitrogens with zero attached hydrogens (tertiary/aromatic N) is 1. The first kappa shape index (κ1) is 76.6. The van der Waals surface area contributed by atoms with Crippen LogP contribution < -0.4 is 59.7 Å². The summed E-state index contributed by atoms with van der Waals surface area (Å²) >= 11 is -0.416. The molecule has 486 valence electrons. The average Bonchev–Trinajstić information content (AvgIpc) is 3.49. The third-order valence-electron chi connectivity index (χ3n) is 14.6. The van der Waals surface area contributed by atoms with E-state index in [0.717, 1.165) is 10.0 Å². The van der Waals surface area contributed by atoms with Crippen LogP contribution in [0.2, 0.25) is 5.32 Å². The minimum absolute atomic E-state index is 0.0932. The molecule has 0 saturated heterocycles. The number of nitrogens with one attached hydrogen (secondary N) is 5. The molecule has 2 rings (SSSR count). The summed E-state index contributed by atoms with van der Waals surface area (Å²) in [6.07, 6.45) is 1.04. The summed E-state index contributed by atoms with van der Waals surface area (Å²) in [5.74, 6) is -10.4. The van der Waals surface area contributed by atoms with E-state index in [4.69, 9.17) is 33.2 Å². The van der Waals surface area contributed by atoms with E-state index in [0.29, 0.717) is 56.6 Å². The van der Waals surface area contributed by atoms with Gasteiger partial charge in [-0.05, 0) is 62.6 Å². The third kappa shape index (κ3) is 30.8. The quantitative estimate of drug-likeness (QED) is 0.0333. The molecule has 24 nitrogen and oxygen atoms in total. The van der Waals surface area contributed by atoms with Crippen LogP contribution in [-0.4, -0.2) is 141 Å². The summed E-state index contributed by atoms with van der Waals surface area (Å²) in [5, 5.41) is 17.6. The summed E-state index contributed by atoms with van der Waals surface area (Å²) in [5.41, 5.74) is 30.0. The van der Waals surface area contributed by atoms with Crippen LogP contribution in [0.3, 0.4) is 0 Å². The number of benzene rings is 1. The summed E-state index contributed by atoms with van der Waals surface area (Å²) < 4.78 is 6.13. The van der Waals surface area contributed by atoms with Gasteiger partial charge in [0.1, 0.15) is 0 Å². The van der Waals surface area contributed by atoms with Gasteiger partial charge in [0.25, 0.3) is 0 Å². The van der Waals surface area contributed by atoms with Crippen LogP contribution in [0.15, 0.2) is 34.9 Å². The van der Waals surface area contributed by atoms with Gasteiger partial charge in [-0.25, -0.2) is 0 Å². The van der Waals surface area contributed by atoms with Gasteiger partial charge in [0.2, 0.25) is 23.6 Å². The summed E-state index contributed by atoms with van der Waals surface area (Å²) in [6, 6.07) is 4.79. The van der Waals surface area contributed by atoms with Crippen molar-refractivity contribution in [2.45, 2.75) is 194 Å². The normalized spacial score (nSPS) is 14.2. The minimum atomic E-state index is -1.41. The summed E-state index contributed by atoms with van der Waals surface area (Å²) in [4.78, 5) is 161. The Bertz CT molecular complexity index is 2580. The number of primary amides is 2. The Morgan fingerprint density at radius 1 is 0.552 bits per heavy atom. The van der Waals surface area contributed by atoms with Crippen molar-refractivity contribution < 1.29 is 62.1 Å². The fourth-order valence-corrected chi connectivity index (χ4v) is 12.3. The number of ketones is 5. The van der Waals surface area contributed by atoms with Crippen LogP contribution in [0.5, 0.6) is 0 Å². The van der Waals surface area contributed by atoms with Crippen molar-refractivity contribution in [3.63, 3.8) is 0 Å². The van der Waals surface area contributed by atoms with Crippen molar-refractivity contribution in [1.29, 1.82) is 0 Å². The fourth-order valence-electron chi connectivity index (χ4n) is 9.93. The molecule has 0 unspecified atom stereocenters. The second kappa shape index (κ2) is 40.8. The van der Waals surface area contributed by atoms with Gasteiger partial charge in [-0.3, -0.25) is 28.8 Å². The van der Waals surface area contributed by atoms with Crippen molar-refractivity contribution in [3.05, 3.63) is 47.3 Å². The van der Waals surface area contributed by atoms with Gasteiger partial charge >= 0.3 is 252 Å². The zero-order valence-electron chi connectivity index (χ0n) is 52.3. The van der Waals surface area contributed by atoms with Crippen molar-refractivity contribution in [3.8, 4) is 0 Å². The van der Waals surface area contributed by atoms with Gasteiger partial charge in [-0.15, -0.1) is 0 Å². The second-order valence-corrected chi connectivity index (χ2v) is 26.2. The Morgan fingerprint density at radius 2 is 1.08 bits per heavy atom. The van der Waals surface area contributed by atoms with E-state index in [-0.39, 0.29) is 93.7 Å². The number of rotatable bonds is 47. The molecule has 0 aliphatic carbocycles. The molecule has 0 radical (unpaired) electrons. The van der Waals surface area contributed by atoms with Gasteiger partial charge in [-0.1, -0.05) is 70.9 Å². The Morgan fingerprint density at radius 3 is 1.63 bits per heavy atom. The van der Waals surface area contributed by atoms with Crippen LogP contribution in [0, 0.1) is 55.3 Å². The van der Waals surface area contributed by atoms with E-state index in [2.05, 4.69) is 31.7 Å². The molecule has 2 aromatic rings. The maximum absolute atomic E-state index is 14.3. The fraction of sp³-hybridized carbons (Fsp3) is 0.661. The van der Waals surface area contributed by atoms with Gasteiger partial charge < -0.3 is 34.0 Å². The summed E-state index contributed by atoms with van der Waals surface area (Å²) in [6.45, 7) is 14.5. The standard InChI is InChI=1S/C62H99N11O13Se/c1-36(2)24-44(61(84)70-49(26-38(5)6)54(78)31-43(19-13-15-23-64)60(83)71-51(32-55(66)79)53(77)30-42(58(67)81)18-12-14-22-63)28-46(74)34-69-59(82)45(35-87-57-39(7)73-86-40(57)8)29-47(75)33-68-56(80)21-20-52(76)50(27-41-16-10-9-11-17-41)72-62(85)48(65)25-37(3)4/h9-11,16-17,36-38,42-45,48-51H,12-15,18-35,63-65H2,1-8H3,(H2,66,79)(H2,67,81)(H,68,80)(H,69,82)(H,70,84)(H,71,83)(H,72,85)/t42-,43-,44-,45+,48+,49+,50+,51+/m1/s1. The third-order valence-corrected chi connectivity index (χ3v) is 17.7. The number of hydrogen-bond donors (Lipinski definition) is 10. The second-order valence-electron chi connectivity index (χ2n) is 24.0. The van der Waals surface area contributed by atoms with Crippen molar-refractivity contribution >= 4 is 89.7 Å². The van der Waals surface area contributed by atoms with Gasteiger partial charge in [0, 0.05) is 24.7 Å². The van der Waals surface area contributed by atoms with E-state index < -0.39 is 153 Å². The maximum atomic E-state index is 14.3. The molecular formula is C62H99N11O13Se. The van der Waals surface area contributed by atoms with E-state index in [1.165, 1.54) is 0 Å². The van der Waals surface area contributed by atoms with E-state index in [1.807, 2.05) is 71.9 Å². The molecule has 8 atom stereocenters. The number of amides is 7. The van der Waals surface area contributed by atoms with Crippen LogP contribution in [0.4, 0.5) is 0 Å². The topological polar surface area (TPSA) is 421 Å². The Hall–Kier alpha value is -6.53. The number of aromatic nitrogens is 1. The first-order valence-corrected chi connectivity index (χ1v) is 32.5. The molecule has 1 aromatic heterocycles. The first-order chi connectivity index (χ1) is 41.0. The molecule has 1 aromatic carbocycles. The van der Waals surface area contributed by atoms with Gasteiger partial charge in [-0.2, -0.15) is 0 Å². The van der Waals surface area contributed by atoms with E-state index >= 15 is 0 Å². The zero-order chi connectivity index (χ0) is 65.3. The van der Waals surface area contributed by atoms with Crippen molar-refractivity contribution in [2.24, 2.45) is 70.1 Å². The molecular weight excluding hydrogens is 1190 g/mol. The molecule has 7 amide bonds. The van der Waals surface area contributed by atoms with Crippen molar-refractivity contribution in [1.82, 2.24) is 31.7 Å². The number of aryl methyl sites for hydroxylation is 2. The van der Waals surface area contributed by atoms with Gasteiger partial charge in [0.15, 0.2) is 5.78 Å². The van der Waals surface area contributed by atoms with Crippen LogP contribution in [-0.2, 0) is 64.0 Å². The Balaban J connectivity index is 2.23. The first-order valence-electron chi connectivity index (χ1n) is 30.4. The number of hydrogen-bond acceptors (Lipinski definition) is 17. The van der Waals surface area contributed by atoms with E-state index in [1.54, 1.807) is 13.8 Å². The number of nitrogens with two attached hydrogens (primary N) is 5. The molecule has 87 heavy (non-hydrogen) atoms. The molecule has 0 bridgehead atoms. The smallest absolute Gasteiger partial charge is 0.370 e. The summed E-state index contributed by atoms with van der Waals surface area (Å²) in [7, 11) is 0. The van der Waals surface area contributed by atoms with Crippen LogP contribution >= 0.6 is 0 Å². The molecule has 25 heteroatoms. The molecule has 0 saturated carbocycles. The monoisotopic (exact) mass is 1290 g/mol.